The van der Waals surface area contributed by atoms with Gasteiger partial charge in [0.25, 0.3) is 10.0 Å². The molecule has 176 valence electrons. The van der Waals surface area contributed by atoms with E-state index in [2.05, 4.69) is 9.72 Å². The van der Waals surface area contributed by atoms with Crippen LogP contribution in [0.4, 0.5) is 13.2 Å². The molecule has 0 amide bonds. The van der Waals surface area contributed by atoms with Gasteiger partial charge in [-0.3, -0.25) is 0 Å². The predicted octanol–water partition coefficient (Wildman–Crippen LogP) is 4.04. The average Bonchev–Trinajstić information content (AvgIpc) is 3.19. The average molecular weight is 481 g/mol. The van der Waals surface area contributed by atoms with Crippen molar-refractivity contribution in [1.29, 1.82) is 0 Å². The summed E-state index contributed by atoms with van der Waals surface area (Å²) in [5.41, 5.74) is 8.23. The molecule has 0 aliphatic heterocycles. The fourth-order valence-electron chi connectivity index (χ4n) is 4.13. The van der Waals surface area contributed by atoms with Gasteiger partial charge in [0.15, 0.2) is 5.03 Å². The maximum Gasteiger partial charge on any atom is 0.573 e. The van der Waals surface area contributed by atoms with Crippen molar-refractivity contribution >= 4 is 10.0 Å². The number of aryl methyl sites for hydroxylation is 1. The second-order valence-corrected chi connectivity index (χ2v) is 9.79. The minimum atomic E-state index is -4.85. The maximum absolute atomic E-state index is 13.7. The smallest absolute Gasteiger partial charge is 0.406 e. The van der Waals surface area contributed by atoms with Gasteiger partial charge in [0.05, 0.1) is 12.4 Å². The molecule has 2 unspecified atom stereocenters. The minimum Gasteiger partial charge on any atom is -0.406 e. The number of hydrogen-bond acceptors (Lipinski definition) is 5. The van der Waals surface area contributed by atoms with E-state index in [4.69, 9.17) is 5.73 Å². The fourth-order valence-corrected chi connectivity index (χ4v) is 5.72. The van der Waals surface area contributed by atoms with Gasteiger partial charge in [-0.05, 0) is 41.7 Å². The summed E-state index contributed by atoms with van der Waals surface area (Å²) in [6.45, 7) is -0.164. The molecule has 0 radical (unpaired) electrons. The number of halogens is 3. The number of hydrogen-bond donors (Lipinski definition) is 1. The van der Waals surface area contributed by atoms with E-state index in [1.807, 2.05) is 24.3 Å². The van der Waals surface area contributed by atoms with Crippen LogP contribution in [0.25, 0.3) is 0 Å². The SMILES string of the molecule is Cn1cnc(S(=O)(=O)N(Cc2cccc(OC(F)(F)F)c2)C2CCC(N)c3ccccc32)c1. The Morgan fingerprint density at radius 3 is 2.55 bits per heavy atom. The monoisotopic (exact) mass is 480 g/mol. The van der Waals surface area contributed by atoms with E-state index in [-0.39, 0.29) is 17.6 Å². The van der Waals surface area contributed by atoms with Crippen LogP contribution in [0.15, 0.2) is 66.1 Å². The molecule has 2 atom stereocenters. The van der Waals surface area contributed by atoms with Gasteiger partial charge in [0.2, 0.25) is 0 Å². The van der Waals surface area contributed by atoms with Crippen LogP contribution in [-0.2, 0) is 23.6 Å². The lowest BCUT2D eigenvalue weighted by molar-refractivity contribution is -0.274. The molecule has 3 aromatic rings. The van der Waals surface area contributed by atoms with Gasteiger partial charge < -0.3 is 15.0 Å². The molecular weight excluding hydrogens is 457 g/mol. The molecule has 0 fully saturated rings. The molecule has 1 aliphatic carbocycles. The van der Waals surface area contributed by atoms with Gasteiger partial charge in [-0.25, -0.2) is 13.4 Å². The summed E-state index contributed by atoms with van der Waals surface area (Å²) in [7, 11) is -2.43. The predicted molar refractivity (Wildman–Crippen MR) is 114 cm³/mol. The van der Waals surface area contributed by atoms with Crippen LogP contribution in [0.2, 0.25) is 0 Å². The fraction of sp³-hybridized carbons (Fsp3) is 0.318. The van der Waals surface area contributed by atoms with Gasteiger partial charge in [0.1, 0.15) is 5.75 Å². The molecule has 0 saturated heterocycles. The molecule has 0 bridgehead atoms. The van der Waals surface area contributed by atoms with Crippen molar-refractivity contribution in [2.75, 3.05) is 0 Å². The molecule has 1 heterocycles. The zero-order valence-electron chi connectivity index (χ0n) is 17.7. The first-order valence-electron chi connectivity index (χ1n) is 10.2. The number of nitrogens with two attached hydrogens (primary N) is 1. The van der Waals surface area contributed by atoms with Crippen LogP contribution in [0.5, 0.6) is 5.75 Å². The van der Waals surface area contributed by atoms with E-state index >= 15 is 0 Å². The summed E-state index contributed by atoms with van der Waals surface area (Å²) in [4.78, 5) is 4.02. The highest BCUT2D eigenvalue weighted by atomic mass is 32.2. The Labute approximate surface area is 189 Å². The number of imidazole rings is 1. The Bertz CT molecular complexity index is 1240. The minimum absolute atomic E-state index is 0.139. The quantitative estimate of drug-likeness (QED) is 0.575. The summed E-state index contributed by atoms with van der Waals surface area (Å²) in [6, 6.07) is 11.9. The normalized spacial score (nSPS) is 18.8. The molecule has 11 heteroatoms. The van der Waals surface area contributed by atoms with Gasteiger partial charge in [-0.2, -0.15) is 4.31 Å². The van der Waals surface area contributed by atoms with Crippen LogP contribution >= 0.6 is 0 Å². The second-order valence-electron chi connectivity index (χ2n) is 7.95. The van der Waals surface area contributed by atoms with Crippen LogP contribution in [0.1, 0.15) is 41.6 Å². The lowest BCUT2D eigenvalue weighted by Gasteiger charge is -2.36. The number of nitrogens with zero attached hydrogens (tertiary/aromatic N) is 3. The number of fused-ring (bicyclic) bond motifs is 1. The Morgan fingerprint density at radius 2 is 1.88 bits per heavy atom. The Kier molecular flexibility index (Phi) is 6.21. The van der Waals surface area contributed by atoms with Crippen molar-refractivity contribution in [1.82, 2.24) is 13.9 Å². The molecule has 2 aromatic carbocycles. The third-order valence-electron chi connectivity index (χ3n) is 5.58. The van der Waals surface area contributed by atoms with Crippen LogP contribution in [0, 0.1) is 0 Å². The second kappa shape index (κ2) is 8.81. The first kappa shape index (κ1) is 23.3. The van der Waals surface area contributed by atoms with Crippen molar-refractivity contribution < 1.29 is 26.3 Å². The molecule has 4 rings (SSSR count). The van der Waals surface area contributed by atoms with E-state index < -0.39 is 28.2 Å². The van der Waals surface area contributed by atoms with Crippen molar-refractivity contribution in [2.45, 2.75) is 42.9 Å². The number of benzene rings is 2. The van der Waals surface area contributed by atoms with E-state index in [0.29, 0.717) is 18.4 Å². The standard InChI is InChI=1S/C22H23F3N4O3S/c1-28-13-21(27-14-28)33(30,31)29(12-15-5-4-6-16(11-15)32-22(23,24)25)20-10-9-19(26)17-7-2-3-8-18(17)20/h2-8,11,13-14,19-20H,9-10,12,26H2,1H3. The zero-order chi connectivity index (χ0) is 23.8. The van der Waals surface area contributed by atoms with Gasteiger partial charge in [-0.15, -0.1) is 13.2 Å². The first-order chi connectivity index (χ1) is 15.5. The molecule has 2 N–H and O–H groups in total. The zero-order valence-corrected chi connectivity index (χ0v) is 18.6. The molecule has 33 heavy (non-hydrogen) atoms. The van der Waals surface area contributed by atoms with Crippen molar-refractivity contribution in [2.24, 2.45) is 12.8 Å². The van der Waals surface area contributed by atoms with Crippen molar-refractivity contribution in [3.8, 4) is 5.75 Å². The Hall–Kier alpha value is -2.89. The van der Waals surface area contributed by atoms with Crippen molar-refractivity contribution in [3.05, 3.63) is 77.7 Å². The van der Waals surface area contributed by atoms with Gasteiger partial charge in [0, 0.05) is 25.8 Å². The van der Waals surface area contributed by atoms with E-state index in [1.165, 1.54) is 39.6 Å². The lowest BCUT2D eigenvalue weighted by atomic mass is 9.84. The number of aromatic nitrogens is 2. The highest BCUT2D eigenvalue weighted by Gasteiger charge is 2.38. The largest absolute Gasteiger partial charge is 0.573 e. The molecule has 0 saturated carbocycles. The highest BCUT2D eigenvalue weighted by molar-refractivity contribution is 7.89. The third kappa shape index (κ3) is 5.05. The van der Waals surface area contributed by atoms with E-state index in [1.54, 1.807) is 13.1 Å². The summed E-state index contributed by atoms with van der Waals surface area (Å²) >= 11 is 0. The van der Waals surface area contributed by atoms with Crippen molar-refractivity contribution in [3.63, 3.8) is 0 Å². The van der Waals surface area contributed by atoms with Gasteiger partial charge >= 0.3 is 6.36 Å². The summed E-state index contributed by atoms with van der Waals surface area (Å²) in [5.74, 6) is -0.416. The molecule has 7 nitrogen and oxygen atoms in total. The van der Waals surface area contributed by atoms with Gasteiger partial charge in [-0.1, -0.05) is 36.4 Å². The molecule has 1 aromatic heterocycles. The molecule has 0 spiro atoms. The summed E-state index contributed by atoms with van der Waals surface area (Å²) in [5, 5.41) is -0.139. The topological polar surface area (TPSA) is 90.5 Å². The number of alkyl halides is 3. The lowest BCUT2D eigenvalue weighted by Crippen LogP contribution is -2.37. The number of sulfonamides is 1. The molecular formula is C22H23F3N4O3S. The Balaban J connectivity index is 1.77. The highest BCUT2D eigenvalue weighted by Crippen LogP contribution is 2.41. The van der Waals surface area contributed by atoms with Crippen LogP contribution in [0.3, 0.4) is 0 Å². The number of rotatable bonds is 6. The van der Waals surface area contributed by atoms with Crippen LogP contribution in [-0.4, -0.2) is 28.6 Å². The first-order valence-corrected chi connectivity index (χ1v) is 11.7. The van der Waals surface area contributed by atoms with E-state index in [9.17, 15) is 21.6 Å². The summed E-state index contributed by atoms with van der Waals surface area (Å²) < 4.78 is 72.2. The maximum atomic E-state index is 13.7. The van der Waals surface area contributed by atoms with Crippen LogP contribution < -0.4 is 10.5 Å². The molecule has 1 aliphatic rings. The third-order valence-corrected chi connectivity index (χ3v) is 7.32. The summed E-state index contributed by atoms with van der Waals surface area (Å²) in [6.07, 6.45) is -1.05. The Morgan fingerprint density at radius 1 is 1.15 bits per heavy atom. The van der Waals surface area contributed by atoms with E-state index in [0.717, 1.165) is 11.1 Å². The number of ether oxygens (including phenoxy) is 1.